The average Bonchev–Trinajstić information content (AvgIpc) is 2.52. The van der Waals surface area contributed by atoms with Gasteiger partial charge in [-0.2, -0.15) is 0 Å². The van der Waals surface area contributed by atoms with Gasteiger partial charge in [-0.1, -0.05) is 31.5 Å². The van der Waals surface area contributed by atoms with Crippen molar-refractivity contribution in [3.05, 3.63) is 35.4 Å². The van der Waals surface area contributed by atoms with E-state index in [9.17, 15) is 9.59 Å². The molecule has 0 radical (unpaired) electrons. The Hall–Kier alpha value is -1.84. The quantitative estimate of drug-likeness (QED) is 0.929. The lowest BCUT2D eigenvalue weighted by atomic mass is 10.0. The highest BCUT2D eigenvalue weighted by Crippen LogP contribution is 2.14. The third-order valence-electron chi connectivity index (χ3n) is 4.17. The van der Waals surface area contributed by atoms with Crippen LogP contribution in [0.5, 0.6) is 0 Å². The Bertz CT molecular complexity index is 534. The first-order chi connectivity index (χ1) is 10.5. The van der Waals surface area contributed by atoms with Crippen LogP contribution in [0.3, 0.4) is 0 Å². The number of rotatable bonds is 4. The molecule has 1 aromatic carbocycles. The van der Waals surface area contributed by atoms with E-state index in [1.165, 1.54) is 6.42 Å². The van der Waals surface area contributed by atoms with Crippen LogP contribution in [-0.2, 0) is 4.79 Å². The zero-order valence-electron chi connectivity index (χ0n) is 13.8. The van der Waals surface area contributed by atoms with Gasteiger partial charge in [0.25, 0.3) is 5.91 Å². The van der Waals surface area contributed by atoms with Gasteiger partial charge < -0.3 is 10.2 Å². The molecule has 1 aromatic rings. The molecule has 0 aliphatic carbocycles. The molecule has 2 rings (SSSR count). The van der Waals surface area contributed by atoms with E-state index in [4.69, 9.17) is 0 Å². The third kappa shape index (κ3) is 4.09. The van der Waals surface area contributed by atoms with Gasteiger partial charge in [0.2, 0.25) is 5.91 Å². The summed E-state index contributed by atoms with van der Waals surface area (Å²) >= 11 is 0. The van der Waals surface area contributed by atoms with Crippen LogP contribution in [-0.4, -0.2) is 35.8 Å². The van der Waals surface area contributed by atoms with Crippen molar-refractivity contribution in [2.45, 2.75) is 46.1 Å². The highest BCUT2D eigenvalue weighted by atomic mass is 16.2. The predicted molar refractivity (Wildman–Crippen MR) is 87.7 cm³/mol. The largest absolute Gasteiger partial charge is 0.341 e. The van der Waals surface area contributed by atoms with E-state index < -0.39 is 6.04 Å². The lowest BCUT2D eigenvalue weighted by Crippen LogP contribution is -2.52. The number of carbonyl (C=O) groups excluding carboxylic acids is 2. The fraction of sp³-hybridized carbons (Fsp3) is 0.556. The maximum absolute atomic E-state index is 12.7. The average molecular weight is 302 g/mol. The third-order valence-corrected chi connectivity index (χ3v) is 4.17. The number of benzene rings is 1. The molecule has 0 saturated carbocycles. The van der Waals surface area contributed by atoms with Crippen molar-refractivity contribution < 1.29 is 9.59 Å². The van der Waals surface area contributed by atoms with Gasteiger partial charge in [-0.05, 0) is 44.2 Å². The first-order valence-electron chi connectivity index (χ1n) is 8.15. The normalized spacial score (nSPS) is 16.5. The number of hydrogen-bond acceptors (Lipinski definition) is 2. The Balaban J connectivity index is 2.08. The number of hydrogen-bond donors (Lipinski definition) is 1. The number of nitrogens with zero attached hydrogens (tertiary/aromatic N) is 1. The standard InChI is InChI=1S/C18H26N2O2/c1-13(2)16(18(22)20-10-5-4-6-11-20)19-17(21)15-9-7-8-14(3)12-15/h7-9,12-13,16H,4-6,10-11H2,1-3H3,(H,19,21). The zero-order valence-corrected chi connectivity index (χ0v) is 13.8. The summed E-state index contributed by atoms with van der Waals surface area (Å²) in [4.78, 5) is 27.0. The summed E-state index contributed by atoms with van der Waals surface area (Å²) in [6.45, 7) is 7.52. The molecule has 0 bridgehead atoms. The lowest BCUT2D eigenvalue weighted by Gasteiger charge is -2.32. The van der Waals surface area contributed by atoms with Crippen molar-refractivity contribution >= 4 is 11.8 Å². The second kappa shape index (κ2) is 7.43. The fourth-order valence-electron chi connectivity index (χ4n) is 2.84. The van der Waals surface area contributed by atoms with E-state index in [-0.39, 0.29) is 17.7 Å². The van der Waals surface area contributed by atoms with E-state index in [1.54, 1.807) is 6.07 Å². The highest BCUT2D eigenvalue weighted by Gasteiger charge is 2.29. The molecule has 0 spiro atoms. The first kappa shape index (κ1) is 16.5. The SMILES string of the molecule is Cc1cccc(C(=O)NC(C(=O)N2CCCCC2)C(C)C)c1. The smallest absolute Gasteiger partial charge is 0.251 e. The maximum atomic E-state index is 12.7. The molecule has 1 saturated heterocycles. The summed E-state index contributed by atoms with van der Waals surface area (Å²) in [6.07, 6.45) is 3.30. The van der Waals surface area contributed by atoms with Crippen molar-refractivity contribution in [2.75, 3.05) is 13.1 Å². The molecule has 4 nitrogen and oxygen atoms in total. The summed E-state index contributed by atoms with van der Waals surface area (Å²) in [7, 11) is 0. The van der Waals surface area contributed by atoms with Crippen LogP contribution >= 0.6 is 0 Å². The van der Waals surface area contributed by atoms with Gasteiger partial charge in [-0.25, -0.2) is 0 Å². The van der Waals surface area contributed by atoms with Crippen LogP contribution in [0.1, 0.15) is 49.0 Å². The van der Waals surface area contributed by atoms with Crippen LogP contribution in [0.2, 0.25) is 0 Å². The number of carbonyl (C=O) groups is 2. The Morgan fingerprint density at radius 1 is 1.14 bits per heavy atom. The van der Waals surface area contributed by atoms with Gasteiger partial charge in [-0.15, -0.1) is 0 Å². The Kier molecular flexibility index (Phi) is 5.58. The van der Waals surface area contributed by atoms with Gasteiger partial charge in [-0.3, -0.25) is 9.59 Å². The minimum absolute atomic E-state index is 0.0516. The summed E-state index contributed by atoms with van der Waals surface area (Å²) in [5.41, 5.74) is 1.65. The topological polar surface area (TPSA) is 49.4 Å². The van der Waals surface area contributed by atoms with E-state index in [1.807, 2.05) is 43.9 Å². The molecule has 4 heteroatoms. The summed E-state index contributed by atoms with van der Waals surface area (Å²) in [6, 6.07) is 6.99. The Labute approximate surface area is 132 Å². The number of amides is 2. The maximum Gasteiger partial charge on any atom is 0.251 e. The minimum atomic E-state index is -0.453. The highest BCUT2D eigenvalue weighted by molar-refractivity contribution is 5.97. The number of piperidine rings is 1. The van der Waals surface area contributed by atoms with Crippen LogP contribution in [0.25, 0.3) is 0 Å². The molecule has 1 fully saturated rings. The van der Waals surface area contributed by atoms with Gasteiger partial charge in [0.05, 0.1) is 0 Å². The van der Waals surface area contributed by atoms with Gasteiger partial charge in [0.15, 0.2) is 0 Å². The molecule has 1 aliphatic rings. The van der Waals surface area contributed by atoms with Crippen LogP contribution in [0.15, 0.2) is 24.3 Å². The molecule has 1 N–H and O–H groups in total. The predicted octanol–water partition coefficient (Wildman–Crippen LogP) is 2.76. The molecule has 1 aliphatic heterocycles. The Morgan fingerprint density at radius 3 is 2.41 bits per heavy atom. The molecule has 0 aromatic heterocycles. The Morgan fingerprint density at radius 2 is 1.82 bits per heavy atom. The van der Waals surface area contributed by atoms with Crippen LogP contribution in [0, 0.1) is 12.8 Å². The van der Waals surface area contributed by atoms with Gasteiger partial charge in [0.1, 0.15) is 6.04 Å². The lowest BCUT2D eigenvalue weighted by molar-refractivity contribution is -0.135. The summed E-state index contributed by atoms with van der Waals surface area (Å²) in [5.74, 6) is -0.0494. The summed E-state index contributed by atoms with van der Waals surface area (Å²) in [5, 5.41) is 2.93. The van der Waals surface area contributed by atoms with Crippen LogP contribution < -0.4 is 5.32 Å². The van der Waals surface area contributed by atoms with Gasteiger partial charge in [0, 0.05) is 18.7 Å². The van der Waals surface area contributed by atoms with E-state index >= 15 is 0 Å². The molecule has 2 amide bonds. The number of nitrogens with one attached hydrogen (secondary N) is 1. The van der Waals surface area contributed by atoms with Crippen molar-refractivity contribution in [1.82, 2.24) is 10.2 Å². The van der Waals surface area contributed by atoms with E-state index in [0.29, 0.717) is 5.56 Å². The fourth-order valence-corrected chi connectivity index (χ4v) is 2.84. The number of likely N-dealkylation sites (tertiary alicyclic amines) is 1. The molecule has 1 atom stereocenters. The second-order valence-electron chi connectivity index (χ2n) is 6.45. The minimum Gasteiger partial charge on any atom is -0.341 e. The first-order valence-corrected chi connectivity index (χ1v) is 8.15. The molecule has 1 heterocycles. The molecule has 120 valence electrons. The van der Waals surface area contributed by atoms with Crippen LogP contribution in [0.4, 0.5) is 0 Å². The zero-order chi connectivity index (χ0) is 16.1. The molecule has 22 heavy (non-hydrogen) atoms. The summed E-state index contributed by atoms with van der Waals surface area (Å²) < 4.78 is 0. The monoisotopic (exact) mass is 302 g/mol. The van der Waals surface area contributed by atoms with Gasteiger partial charge >= 0.3 is 0 Å². The van der Waals surface area contributed by atoms with E-state index in [2.05, 4.69) is 5.32 Å². The second-order valence-corrected chi connectivity index (χ2v) is 6.45. The van der Waals surface area contributed by atoms with Crippen molar-refractivity contribution in [3.63, 3.8) is 0 Å². The van der Waals surface area contributed by atoms with Crippen molar-refractivity contribution in [1.29, 1.82) is 0 Å². The van der Waals surface area contributed by atoms with Crippen molar-refractivity contribution in [3.8, 4) is 0 Å². The van der Waals surface area contributed by atoms with Crippen molar-refractivity contribution in [2.24, 2.45) is 5.92 Å². The van der Waals surface area contributed by atoms with E-state index in [0.717, 1.165) is 31.5 Å². The molecular weight excluding hydrogens is 276 g/mol. The molecular formula is C18H26N2O2. The number of aryl methyl sites for hydroxylation is 1. The molecule has 1 unspecified atom stereocenters.